The minimum Gasteiger partial charge on any atom is -0.450 e. The van der Waals surface area contributed by atoms with Crippen LogP contribution in [0, 0.1) is 11.3 Å². The number of hydrogen-bond acceptors (Lipinski definition) is 2. The van der Waals surface area contributed by atoms with Gasteiger partial charge >= 0.3 is 13.7 Å². The highest BCUT2D eigenvalue weighted by molar-refractivity contribution is 6.45. The van der Waals surface area contributed by atoms with E-state index in [1.807, 2.05) is 0 Å². The van der Waals surface area contributed by atoms with Gasteiger partial charge in [-0.25, -0.2) is 0 Å². The zero-order chi connectivity index (χ0) is 10.8. The SMILES string of the molecule is N#Cc1ccc([B]O)cc1C(F)(F)F. The van der Waals surface area contributed by atoms with Crippen molar-refractivity contribution in [1.29, 1.82) is 5.26 Å². The lowest BCUT2D eigenvalue weighted by Gasteiger charge is -2.09. The molecule has 0 spiro atoms. The van der Waals surface area contributed by atoms with Crippen LogP contribution in [0.25, 0.3) is 0 Å². The van der Waals surface area contributed by atoms with Crippen LogP contribution in [0.5, 0.6) is 0 Å². The molecule has 1 N–H and O–H groups in total. The van der Waals surface area contributed by atoms with Crippen molar-refractivity contribution in [2.75, 3.05) is 0 Å². The third-order valence-electron chi connectivity index (χ3n) is 1.62. The Morgan fingerprint density at radius 1 is 1.36 bits per heavy atom. The Morgan fingerprint density at radius 3 is 2.43 bits per heavy atom. The van der Waals surface area contributed by atoms with Crippen LogP contribution in [0.2, 0.25) is 0 Å². The molecule has 0 saturated carbocycles. The van der Waals surface area contributed by atoms with Crippen LogP contribution < -0.4 is 5.46 Å². The maximum absolute atomic E-state index is 12.3. The van der Waals surface area contributed by atoms with E-state index in [0.29, 0.717) is 7.48 Å². The molecule has 0 atom stereocenters. The molecule has 1 rings (SSSR count). The second kappa shape index (κ2) is 3.72. The highest BCUT2D eigenvalue weighted by Gasteiger charge is 2.33. The van der Waals surface area contributed by atoms with Gasteiger partial charge in [0.05, 0.1) is 17.2 Å². The normalized spacial score (nSPS) is 10.8. The van der Waals surface area contributed by atoms with Crippen LogP contribution in [0.4, 0.5) is 13.2 Å². The van der Waals surface area contributed by atoms with Crippen molar-refractivity contribution in [1.82, 2.24) is 0 Å². The van der Waals surface area contributed by atoms with Crippen molar-refractivity contribution in [3.05, 3.63) is 29.3 Å². The predicted octanol–water partition coefficient (Wildman–Crippen LogP) is 0.814. The topological polar surface area (TPSA) is 44.0 Å². The van der Waals surface area contributed by atoms with E-state index < -0.39 is 17.3 Å². The highest BCUT2D eigenvalue weighted by Crippen LogP contribution is 2.30. The summed E-state index contributed by atoms with van der Waals surface area (Å²) in [6, 6.07) is 4.41. The third kappa shape index (κ3) is 2.06. The van der Waals surface area contributed by atoms with Crippen molar-refractivity contribution >= 4 is 12.9 Å². The summed E-state index contributed by atoms with van der Waals surface area (Å²) >= 11 is 0. The summed E-state index contributed by atoms with van der Waals surface area (Å²) < 4.78 is 36.9. The number of alkyl halides is 3. The molecular weight excluding hydrogens is 194 g/mol. The smallest absolute Gasteiger partial charge is 0.417 e. The molecule has 0 saturated heterocycles. The van der Waals surface area contributed by atoms with Crippen LogP contribution in [0.15, 0.2) is 18.2 Å². The minimum absolute atomic E-state index is 0.0105. The van der Waals surface area contributed by atoms with Gasteiger partial charge in [0.2, 0.25) is 0 Å². The zero-order valence-corrected chi connectivity index (χ0v) is 6.84. The fourth-order valence-electron chi connectivity index (χ4n) is 0.974. The maximum atomic E-state index is 12.3. The van der Waals surface area contributed by atoms with Gasteiger partial charge in [-0.3, -0.25) is 0 Å². The number of rotatable bonds is 1. The number of benzene rings is 1. The van der Waals surface area contributed by atoms with Gasteiger partial charge in [-0.2, -0.15) is 18.4 Å². The molecule has 0 aliphatic carbocycles. The van der Waals surface area contributed by atoms with Crippen molar-refractivity contribution in [2.45, 2.75) is 6.18 Å². The Kier molecular flexibility index (Phi) is 2.82. The van der Waals surface area contributed by atoms with Crippen LogP contribution in [0.1, 0.15) is 11.1 Å². The molecule has 0 fully saturated rings. The van der Waals surface area contributed by atoms with Crippen LogP contribution >= 0.6 is 0 Å². The summed E-state index contributed by atoms with van der Waals surface area (Å²) in [6.07, 6.45) is -4.58. The van der Waals surface area contributed by atoms with E-state index in [1.54, 1.807) is 0 Å². The Bertz CT molecular complexity index is 383. The standard InChI is InChI=1S/C8H4BF3NO/c10-8(11,12)7-3-6(9-14)2-1-5(7)4-13/h1-3,14H. The first kappa shape index (κ1) is 10.6. The first-order valence-electron chi connectivity index (χ1n) is 3.58. The van der Waals surface area contributed by atoms with E-state index in [0.717, 1.165) is 12.1 Å². The summed E-state index contributed by atoms with van der Waals surface area (Å²) in [7, 11) is 0.552. The van der Waals surface area contributed by atoms with Crippen molar-refractivity contribution in [3.63, 3.8) is 0 Å². The quantitative estimate of drug-likeness (QED) is 0.678. The van der Waals surface area contributed by atoms with Crippen molar-refractivity contribution < 1.29 is 18.2 Å². The number of nitriles is 1. The first-order chi connectivity index (χ1) is 6.49. The lowest BCUT2D eigenvalue weighted by atomic mass is 9.86. The summed E-state index contributed by atoms with van der Waals surface area (Å²) in [5.74, 6) is 0. The van der Waals surface area contributed by atoms with Crippen LogP contribution in [-0.4, -0.2) is 12.5 Å². The van der Waals surface area contributed by atoms with E-state index in [1.165, 1.54) is 12.1 Å². The maximum Gasteiger partial charge on any atom is 0.417 e. The third-order valence-corrected chi connectivity index (χ3v) is 1.62. The van der Waals surface area contributed by atoms with E-state index in [4.69, 9.17) is 10.3 Å². The van der Waals surface area contributed by atoms with Gasteiger partial charge in [-0.05, 0) is 6.07 Å². The molecule has 2 nitrogen and oxygen atoms in total. The lowest BCUT2D eigenvalue weighted by molar-refractivity contribution is -0.137. The Morgan fingerprint density at radius 2 is 2.00 bits per heavy atom. The van der Waals surface area contributed by atoms with Gasteiger partial charge in [0, 0.05) is 0 Å². The summed E-state index contributed by atoms with van der Waals surface area (Å²) in [5, 5.41) is 16.9. The van der Waals surface area contributed by atoms with Gasteiger partial charge in [-0.1, -0.05) is 17.6 Å². The number of nitrogens with zero attached hydrogens (tertiary/aromatic N) is 1. The number of halogens is 3. The lowest BCUT2D eigenvalue weighted by Crippen LogP contribution is -2.18. The van der Waals surface area contributed by atoms with E-state index >= 15 is 0 Å². The van der Waals surface area contributed by atoms with Gasteiger partial charge < -0.3 is 5.02 Å². The largest absolute Gasteiger partial charge is 0.450 e. The molecule has 0 unspecified atom stereocenters. The molecule has 1 radical (unpaired) electrons. The Hall–Kier alpha value is -1.48. The first-order valence-corrected chi connectivity index (χ1v) is 3.58. The molecule has 0 aliphatic rings. The molecule has 0 bridgehead atoms. The molecule has 0 aromatic heterocycles. The Balaban J connectivity index is 3.31. The van der Waals surface area contributed by atoms with E-state index in [-0.39, 0.29) is 5.46 Å². The average Bonchev–Trinajstić information content (AvgIpc) is 2.15. The van der Waals surface area contributed by atoms with E-state index in [9.17, 15) is 13.2 Å². The molecule has 14 heavy (non-hydrogen) atoms. The number of hydrogen-bond donors (Lipinski definition) is 1. The second-order valence-corrected chi connectivity index (χ2v) is 2.54. The average molecular weight is 198 g/mol. The summed E-state index contributed by atoms with van der Waals surface area (Å²) in [4.78, 5) is 0. The molecular formula is C8H4BF3NO. The molecule has 1 aromatic rings. The molecule has 1 aromatic carbocycles. The van der Waals surface area contributed by atoms with Gasteiger partial charge in [-0.15, -0.1) is 0 Å². The summed E-state index contributed by atoms with van der Waals surface area (Å²) in [6.45, 7) is 0. The monoisotopic (exact) mass is 198 g/mol. The molecule has 0 aliphatic heterocycles. The molecule has 6 heteroatoms. The van der Waals surface area contributed by atoms with Crippen molar-refractivity contribution in [2.24, 2.45) is 0 Å². The zero-order valence-electron chi connectivity index (χ0n) is 6.84. The minimum atomic E-state index is -4.58. The highest BCUT2D eigenvalue weighted by atomic mass is 19.4. The molecule has 0 heterocycles. The fourth-order valence-corrected chi connectivity index (χ4v) is 0.974. The Labute approximate surface area is 78.9 Å². The van der Waals surface area contributed by atoms with E-state index in [2.05, 4.69) is 0 Å². The van der Waals surface area contributed by atoms with Crippen molar-refractivity contribution in [3.8, 4) is 6.07 Å². The van der Waals surface area contributed by atoms with Gasteiger partial charge in [0.1, 0.15) is 0 Å². The molecule has 71 valence electrons. The molecule has 0 amide bonds. The predicted molar refractivity (Wildman–Crippen MR) is 43.8 cm³/mol. The van der Waals surface area contributed by atoms with Crippen LogP contribution in [0.3, 0.4) is 0 Å². The summed E-state index contributed by atoms with van der Waals surface area (Å²) in [5.41, 5.74) is -1.48. The van der Waals surface area contributed by atoms with Gasteiger partial charge in [0.15, 0.2) is 0 Å². The van der Waals surface area contributed by atoms with Gasteiger partial charge in [0.25, 0.3) is 0 Å². The fraction of sp³-hybridized carbons (Fsp3) is 0.125. The van der Waals surface area contributed by atoms with Crippen LogP contribution in [-0.2, 0) is 6.18 Å². The second-order valence-electron chi connectivity index (χ2n) is 2.54.